The van der Waals surface area contributed by atoms with E-state index in [1.165, 1.54) is 43.6 Å². The lowest BCUT2D eigenvalue weighted by atomic mass is 10.00. The minimum atomic E-state index is 0.914. The smallest absolute Gasteiger partial charge is 0.143 e. The first-order valence-electron chi connectivity index (χ1n) is 15.4. The van der Waals surface area contributed by atoms with Crippen molar-refractivity contribution in [3.8, 4) is 22.5 Å². The van der Waals surface area contributed by atoms with Crippen molar-refractivity contribution >= 4 is 65.6 Å². The Kier molecular flexibility index (Phi) is 5.00. The molecular weight excluding hydrogens is 548 g/mol. The second kappa shape index (κ2) is 9.22. The van der Waals surface area contributed by atoms with E-state index in [2.05, 4.69) is 155 Å². The summed E-state index contributed by atoms with van der Waals surface area (Å²) in [5, 5.41) is 7.32. The zero-order valence-electron chi connectivity index (χ0n) is 24.3. The van der Waals surface area contributed by atoms with Gasteiger partial charge in [-0.25, -0.2) is 0 Å². The number of furan rings is 1. The maximum Gasteiger partial charge on any atom is 0.143 e. The molecule has 0 N–H and O–H groups in total. The quantitative estimate of drug-likeness (QED) is 0.206. The largest absolute Gasteiger partial charge is 0.455 e. The van der Waals surface area contributed by atoms with E-state index in [9.17, 15) is 0 Å². The van der Waals surface area contributed by atoms with E-state index in [0.29, 0.717) is 0 Å². The highest BCUT2D eigenvalue weighted by molar-refractivity contribution is 6.29. The van der Waals surface area contributed by atoms with Gasteiger partial charge >= 0.3 is 0 Å². The summed E-state index contributed by atoms with van der Waals surface area (Å²) in [7, 11) is 0. The van der Waals surface area contributed by atoms with E-state index >= 15 is 0 Å². The summed E-state index contributed by atoms with van der Waals surface area (Å²) in [6.45, 7) is 0. The number of benzene rings is 7. The van der Waals surface area contributed by atoms with E-state index < -0.39 is 0 Å². The fraction of sp³-hybridized carbons (Fsp3) is 0. The molecule has 0 aliphatic carbocycles. The normalized spacial score (nSPS) is 12.0. The summed E-state index contributed by atoms with van der Waals surface area (Å²) in [6, 6.07) is 56.4. The molecule has 10 rings (SSSR count). The van der Waals surface area contributed by atoms with Crippen molar-refractivity contribution < 1.29 is 4.42 Å². The molecule has 0 saturated carbocycles. The van der Waals surface area contributed by atoms with Gasteiger partial charge in [0.25, 0.3) is 0 Å². The number of para-hydroxylation sites is 5. The molecule has 0 radical (unpaired) electrons. The Morgan fingerprint density at radius 1 is 0.378 bits per heavy atom. The Hall–Kier alpha value is -6.06. The molecule has 3 heteroatoms. The van der Waals surface area contributed by atoms with Crippen LogP contribution in [0.3, 0.4) is 0 Å². The number of hydrogen-bond donors (Lipinski definition) is 0. The molecule has 0 saturated heterocycles. The summed E-state index contributed by atoms with van der Waals surface area (Å²) < 4.78 is 11.3. The number of nitrogens with zero attached hydrogens (tertiary/aromatic N) is 2. The number of hydrogen-bond acceptors (Lipinski definition) is 1. The minimum absolute atomic E-state index is 0.914. The average molecular weight is 575 g/mol. The first-order chi connectivity index (χ1) is 22.3. The molecule has 0 atom stereocenters. The van der Waals surface area contributed by atoms with E-state index in [4.69, 9.17) is 4.42 Å². The molecule has 3 heterocycles. The minimum Gasteiger partial charge on any atom is -0.455 e. The molecule has 7 aromatic carbocycles. The Morgan fingerprint density at radius 2 is 0.956 bits per heavy atom. The maximum atomic E-state index is 6.46. The lowest BCUT2D eigenvalue weighted by Crippen LogP contribution is -1.94. The van der Waals surface area contributed by atoms with Crippen molar-refractivity contribution in [1.82, 2.24) is 9.13 Å². The van der Waals surface area contributed by atoms with Crippen molar-refractivity contribution in [2.24, 2.45) is 0 Å². The van der Waals surface area contributed by atoms with Crippen molar-refractivity contribution in [2.75, 3.05) is 0 Å². The van der Waals surface area contributed by atoms with Gasteiger partial charge in [-0.2, -0.15) is 0 Å². The molecule has 0 unspecified atom stereocenters. The van der Waals surface area contributed by atoms with Crippen LogP contribution < -0.4 is 0 Å². The summed E-state index contributed by atoms with van der Waals surface area (Å²) in [5.41, 5.74) is 11.2. The Labute approximate surface area is 258 Å². The molecule has 0 fully saturated rings. The third kappa shape index (κ3) is 3.41. The number of aromatic nitrogens is 2. The van der Waals surface area contributed by atoms with Gasteiger partial charge in [-0.15, -0.1) is 0 Å². The van der Waals surface area contributed by atoms with Crippen LogP contribution in [0.2, 0.25) is 0 Å². The van der Waals surface area contributed by atoms with E-state index in [1.807, 2.05) is 12.1 Å². The zero-order valence-corrected chi connectivity index (χ0v) is 24.3. The Balaban J connectivity index is 1.34. The van der Waals surface area contributed by atoms with Crippen molar-refractivity contribution in [1.29, 1.82) is 0 Å². The van der Waals surface area contributed by atoms with Crippen molar-refractivity contribution in [3.05, 3.63) is 158 Å². The molecular formula is C42H26N2O. The van der Waals surface area contributed by atoms with Gasteiger partial charge in [0.15, 0.2) is 0 Å². The van der Waals surface area contributed by atoms with Gasteiger partial charge in [0.2, 0.25) is 0 Å². The third-order valence-corrected chi connectivity index (χ3v) is 9.31. The molecule has 0 aliphatic heterocycles. The van der Waals surface area contributed by atoms with Gasteiger partial charge in [-0.3, -0.25) is 0 Å². The van der Waals surface area contributed by atoms with Crippen LogP contribution in [0.4, 0.5) is 0 Å². The number of rotatable bonds is 3. The highest BCUT2D eigenvalue weighted by Gasteiger charge is 2.21. The molecule has 3 aromatic heterocycles. The van der Waals surface area contributed by atoms with Crippen molar-refractivity contribution in [3.63, 3.8) is 0 Å². The van der Waals surface area contributed by atoms with E-state index in [1.54, 1.807) is 0 Å². The van der Waals surface area contributed by atoms with Gasteiger partial charge in [0, 0.05) is 49.3 Å². The lowest BCUT2D eigenvalue weighted by molar-refractivity contribution is 0.670. The van der Waals surface area contributed by atoms with Gasteiger partial charge in [-0.1, -0.05) is 103 Å². The molecule has 0 bridgehead atoms. The van der Waals surface area contributed by atoms with Gasteiger partial charge in [0.05, 0.1) is 22.1 Å². The summed E-state index contributed by atoms with van der Waals surface area (Å²) in [6.07, 6.45) is 0. The Bertz CT molecular complexity index is 2740. The van der Waals surface area contributed by atoms with Crippen LogP contribution in [0.25, 0.3) is 88.1 Å². The monoisotopic (exact) mass is 574 g/mol. The highest BCUT2D eigenvalue weighted by Crippen LogP contribution is 2.44. The topological polar surface area (TPSA) is 23.0 Å². The molecule has 45 heavy (non-hydrogen) atoms. The first-order valence-corrected chi connectivity index (χ1v) is 15.4. The average Bonchev–Trinajstić information content (AvgIpc) is 3.76. The van der Waals surface area contributed by atoms with E-state index in [-0.39, 0.29) is 0 Å². The Morgan fingerprint density at radius 3 is 1.69 bits per heavy atom. The molecule has 0 spiro atoms. The molecule has 0 amide bonds. The standard InChI is InChI=1S/C42H26N2O/c1-3-12-28(13-4-1)43-35-20-9-7-17-33(35)40-36(43)24-25-37-41(40)34-23-22-27(26-38(34)44(37)29-14-5-2-6-15-29)30-18-11-19-32-31-16-8-10-21-39(31)45-42(30)32/h1-26H. The second-order valence-electron chi connectivity index (χ2n) is 11.7. The fourth-order valence-electron chi connectivity index (χ4n) is 7.42. The van der Waals surface area contributed by atoms with Crippen LogP contribution in [0.5, 0.6) is 0 Å². The maximum absolute atomic E-state index is 6.46. The third-order valence-electron chi connectivity index (χ3n) is 9.31. The van der Waals surface area contributed by atoms with Gasteiger partial charge < -0.3 is 13.6 Å². The summed E-state index contributed by atoms with van der Waals surface area (Å²) in [4.78, 5) is 0. The van der Waals surface area contributed by atoms with Gasteiger partial charge in [0.1, 0.15) is 11.2 Å². The SMILES string of the molecule is c1ccc(-n2c3ccccc3c3c4c5ccc(-c6cccc7c6oc6ccccc67)cc5n(-c5ccccc5)c4ccc32)cc1. The molecule has 3 nitrogen and oxygen atoms in total. The predicted molar refractivity (Wildman–Crippen MR) is 188 cm³/mol. The second-order valence-corrected chi connectivity index (χ2v) is 11.7. The van der Waals surface area contributed by atoms with E-state index in [0.717, 1.165) is 44.4 Å². The van der Waals surface area contributed by atoms with Crippen LogP contribution in [0.1, 0.15) is 0 Å². The fourth-order valence-corrected chi connectivity index (χ4v) is 7.42. The van der Waals surface area contributed by atoms with Crippen LogP contribution in [0.15, 0.2) is 162 Å². The van der Waals surface area contributed by atoms with Gasteiger partial charge in [-0.05, 0) is 60.2 Å². The molecule has 210 valence electrons. The van der Waals surface area contributed by atoms with Crippen LogP contribution in [-0.4, -0.2) is 9.13 Å². The molecule has 0 aliphatic rings. The summed E-state index contributed by atoms with van der Waals surface area (Å²) in [5.74, 6) is 0. The van der Waals surface area contributed by atoms with Crippen LogP contribution in [0, 0.1) is 0 Å². The number of fused-ring (bicyclic) bond motifs is 10. The van der Waals surface area contributed by atoms with Crippen LogP contribution >= 0.6 is 0 Å². The predicted octanol–water partition coefficient (Wildman–Crippen LogP) is 11.4. The zero-order chi connectivity index (χ0) is 29.5. The van der Waals surface area contributed by atoms with Crippen molar-refractivity contribution in [2.45, 2.75) is 0 Å². The van der Waals surface area contributed by atoms with Crippen LogP contribution in [-0.2, 0) is 0 Å². The highest BCUT2D eigenvalue weighted by atomic mass is 16.3. The first kappa shape index (κ1) is 24.4. The lowest BCUT2D eigenvalue weighted by Gasteiger charge is -2.10. The summed E-state index contributed by atoms with van der Waals surface area (Å²) >= 11 is 0. The molecule has 10 aromatic rings.